The van der Waals surface area contributed by atoms with Gasteiger partial charge in [0.1, 0.15) is 0 Å². The highest BCUT2D eigenvalue weighted by molar-refractivity contribution is 8.06. The average Bonchev–Trinajstić information content (AvgIpc) is 2.89. The number of hydrogen-bond acceptors (Lipinski definition) is 4. The Kier molecular flexibility index (Phi) is 2.41. The Morgan fingerprint density at radius 2 is 2.00 bits per heavy atom. The van der Waals surface area contributed by atoms with Crippen LogP contribution in [0.5, 0.6) is 0 Å². The number of allylic oxidation sites excluding steroid dienone is 1. The molecule has 5 nitrogen and oxygen atoms in total. The molecule has 2 atom stereocenters. The largest absolute Gasteiger partial charge is 0.394 e. The van der Waals surface area contributed by atoms with Gasteiger partial charge in [0.05, 0.1) is 21.8 Å². The van der Waals surface area contributed by atoms with Gasteiger partial charge in [-0.25, -0.2) is 8.42 Å². The Morgan fingerprint density at radius 3 is 2.72 bits per heavy atom. The van der Waals surface area contributed by atoms with Gasteiger partial charge in [-0.3, -0.25) is 5.21 Å². The average molecular weight is 265 g/mol. The van der Waals surface area contributed by atoms with Crippen molar-refractivity contribution in [2.75, 3.05) is 0 Å². The summed E-state index contributed by atoms with van der Waals surface area (Å²) >= 11 is 0. The minimum atomic E-state index is -3.78. The van der Waals surface area contributed by atoms with Gasteiger partial charge in [0.15, 0.2) is 0 Å². The number of nitrogens with zero attached hydrogens (tertiary/aromatic N) is 1. The van der Waals surface area contributed by atoms with Crippen molar-refractivity contribution < 1.29 is 18.2 Å². The van der Waals surface area contributed by atoms with Gasteiger partial charge >= 0.3 is 5.04 Å². The molecule has 18 heavy (non-hydrogen) atoms. The summed E-state index contributed by atoms with van der Waals surface area (Å²) in [6, 6.07) is 7.94. The zero-order chi connectivity index (χ0) is 12.8. The first kappa shape index (κ1) is 11.3. The van der Waals surface area contributed by atoms with Crippen LogP contribution in [-0.4, -0.2) is 24.5 Å². The summed E-state index contributed by atoms with van der Waals surface area (Å²) in [5.41, 5.74) is 0. The van der Waals surface area contributed by atoms with Gasteiger partial charge in [0.2, 0.25) is 0 Å². The molecule has 1 heterocycles. The van der Waals surface area contributed by atoms with Crippen molar-refractivity contribution in [2.24, 2.45) is 5.92 Å². The van der Waals surface area contributed by atoms with Crippen LogP contribution in [0.3, 0.4) is 0 Å². The minimum Gasteiger partial charge on any atom is -0.394 e. The van der Waals surface area contributed by atoms with Crippen LogP contribution >= 0.6 is 0 Å². The second kappa shape index (κ2) is 3.84. The summed E-state index contributed by atoms with van der Waals surface area (Å²) < 4.78 is 24.8. The lowest BCUT2D eigenvalue weighted by molar-refractivity contribution is -0.736. The Hall–Kier alpha value is -1.82. The zero-order valence-electron chi connectivity index (χ0n) is 9.39. The predicted molar refractivity (Wildman–Crippen MR) is 64.4 cm³/mol. The summed E-state index contributed by atoms with van der Waals surface area (Å²) in [5, 5.41) is 11.5. The molecule has 0 spiro atoms. The third kappa shape index (κ3) is 1.53. The molecule has 0 unspecified atom stereocenters. The van der Waals surface area contributed by atoms with Crippen LogP contribution in [0.25, 0.3) is 0 Å². The van der Waals surface area contributed by atoms with E-state index in [0.29, 0.717) is 6.42 Å². The molecule has 0 fully saturated rings. The molecule has 0 saturated heterocycles. The van der Waals surface area contributed by atoms with Crippen molar-refractivity contribution in [3.63, 3.8) is 0 Å². The van der Waals surface area contributed by atoms with Crippen LogP contribution in [0.1, 0.15) is 6.42 Å². The first-order chi connectivity index (χ1) is 8.60. The van der Waals surface area contributed by atoms with Crippen molar-refractivity contribution in [1.29, 1.82) is 0 Å². The standard InChI is InChI=1S/C12H11NO4S/c14-13-12(10-7-4-8-11(10)17-13)18(15,16)9-5-2-1-3-6-9/h1-6,8,10-11H,7H2/t10-,11+/m0/s1. The summed E-state index contributed by atoms with van der Waals surface area (Å²) in [7, 11) is -3.78. The third-order valence-corrected chi connectivity index (χ3v) is 5.05. The van der Waals surface area contributed by atoms with Crippen LogP contribution in [0.4, 0.5) is 0 Å². The van der Waals surface area contributed by atoms with E-state index in [1.807, 2.05) is 6.08 Å². The molecule has 3 rings (SSSR count). The lowest BCUT2D eigenvalue weighted by Crippen LogP contribution is -2.27. The first-order valence-electron chi connectivity index (χ1n) is 5.58. The zero-order valence-corrected chi connectivity index (χ0v) is 10.2. The van der Waals surface area contributed by atoms with Crippen molar-refractivity contribution >= 4 is 14.9 Å². The van der Waals surface area contributed by atoms with E-state index >= 15 is 0 Å². The summed E-state index contributed by atoms with van der Waals surface area (Å²) in [6.07, 6.45) is 3.63. The summed E-state index contributed by atoms with van der Waals surface area (Å²) in [4.78, 5) is 5.26. The van der Waals surface area contributed by atoms with Gasteiger partial charge in [-0.2, -0.15) is 0 Å². The van der Waals surface area contributed by atoms with Crippen LogP contribution in [0, 0.1) is 11.1 Å². The molecule has 1 aliphatic heterocycles. The van der Waals surface area contributed by atoms with Crippen molar-refractivity contribution in [1.82, 2.24) is 0 Å². The Balaban J connectivity index is 2.08. The summed E-state index contributed by atoms with van der Waals surface area (Å²) in [5.74, 6) is -0.396. The third-order valence-electron chi connectivity index (χ3n) is 3.16. The molecule has 0 amide bonds. The Bertz CT molecular complexity index is 633. The maximum atomic E-state index is 12.4. The molecule has 0 N–H and O–H groups in total. The second-order valence-electron chi connectivity index (χ2n) is 4.25. The van der Waals surface area contributed by atoms with Gasteiger partial charge in [-0.05, 0) is 18.6 Å². The number of sulfone groups is 1. The van der Waals surface area contributed by atoms with Crippen molar-refractivity contribution in [3.05, 3.63) is 47.7 Å². The molecular weight excluding hydrogens is 254 g/mol. The maximum Gasteiger partial charge on any atom is 0.344 e. The fourth-order valence-corrected chi connectivity index (χ4v) is 3.92. The first-order valence-corrected chi connectivity index (χ1v) is 7.07. The molecule has 1 aromatic rings. The molecule has 6 heteroatoms. The SMILES string of the molecule is O=S(=O)(C1=[N+]([O-])O[C@@H]2C=CC[C@H]12)c1ccccc1. The van der Waals surface area contributed by atoms with E-state index in [4.69, 9.17) is 4.84 Å². The minimum absolute atomic E-state index is 0.122. The van der Waals surface area contributed by atoms with Crippen LogP contribution in [-0.2, 0) is 14.7 Å². The van der Waals surface area contributed by atoms with Gasteiger partial charge in [0, 0.05) is 0 Å². The molecule has 2 aliphatic rings. The molecule has 0 aromatic heterocycles. The fraction of sp³-hybridized carbons (Fsp3) is 0.250. The van der Waals surface area contributed by atoms with Crippen LogP contribution < -0.4 is 0 Å². The number of benzene rings is 1. The van der Waals surface area contributed by atoms with E-state index < -0.39 is 21.9 Å². The van der Waals surface area contributed by atoms with Crippen molar-refractivity contribution in [3.8, 4) is 0 Å². The number of rotatable bonds is 1. The quantitative estimate of drug-likeness (QED) is 0.566. The highest BCUT2D eigenvalue weighted by atomic mass is 32.2. The lowest BCUT2D eigenvalue weighted by Gasteiger charge is -2.07. The molecule has 0 bridgehead atoms. The van der Waals surface area contributed by atoms with Crippen LogP contribution in [0.2, 0.25) is 0 Å². The van der Waals surface area contributed by atoms with E-state index in [9.17, 15) is 13.6 Å². The monoisotopic (exact) mass is 265 g/mol. The van der Waals surface area contributed by atoms with Gasteiger partial charge in [-0.15, -0.1) is 0 Å². The lowest BCUT2D eigenvalue weighted by atomic mass is 10.1. The fourth-order valence-electron chi connectivity index (χ4n) is 2.29. The Morgan fingerprint density at radius 1 is 1.28 bits per heavy atom. The van der Waals surface area contributed by atoms with E-state index in [-0.39, 0.29) is 14.8 Å². The molecule has 0 saturated carbocycles. The second-order valence-corrected chi connectivity index (χ2v) is 6.15. The van der Waals surface area contributed by atoms with E-state index in [2.05, 4.69) is 0 Å². The van der Waals surface area contributed by atoms with E-state index in [1.54, 1.807) is 24.3 Å². The van der Waals surface area contributed by atoms with Crippen molar-refractivity contribution in [2.45, 2.75) is 17.4 Å². The maximum absolute atomic E-state index is 12.4. The predicted octanol–water partition coefficient (Wildman–Crippen LogP) is 1.26. The summed E-state index contributed by atoms with van der Waals surface area (Å²) in [6.45, 7) is 0. The van der Waals surface area contributed by atoms with E-state index in [0.717, 1.165) is 0 Å². The molecule has 1 aliphatic carbocycles. The number of hydrogen-bond donors (Lipinski definition) is 0. The topological polar surface area (TPSA) is 69.4 Å². The van der Waals surface area contributed by atoms with Gasteiger partial charge in [-0.1, -0.05) is 30.4 Å². The van der Waals surface area contributed by atoms with Gasteiger partial charge in [0.25, 0.3) is 9.84 Å². The Labute approximate surface area is 104 Å². The molecule has 0 radical (unpaired) electrons. The normalized spacial score (nSPS) is 26.2. The highest BCUT2D eigenvalue weighted by Gasteiger charge is 2.48. The van der Waals surface area contributed by atoms with Gasteiger partial charge < -0.3 is 4.84 Å². The number of fused-ring (bicyclic) bond motifs is 1. The molecule has 94 valence electrons. The smallest absolute Gasteiger partial charge is 0.344 e. The molecule has 1 aromatic carbocycles. The highest BCUT2D eigenvalue weighted by Crippen LogP contribution is 2.32. The van der Waals surface area contributed by atoms with Crippen LogP contribution in [0.15, 0.2) is 47.4 Å². The molecular formula is C12H11NO4S. The van der Waals surface area contributed by atoms with E-state index in [1.165, 1.54) is 12.1 Å².